The Hall–Kier alpha value is -5.79. The van der Waals surface area contributed by atoms with Gasteiger partial charge in [0.2, 0.25) is 5.91 Å². The van der Waals surface area contributed by atoms with Crippen LogP contribution in [-0.4, -0.2) is 79.2 Å². The summed E-state index contributed by atoms with van der Waals surface area (Å²) in [4.78, 5) is 59.6. The number of H-pyrrole nitrogens is 2. The van der Waals surface area contributed by atoms with Gasteiger partial charge in [0.1, 0.15) is 23.3 Å². The minimum absolute atomic E-state index is 0.0215. The molecule has 2 saturated carbocycles. The Kier molecular flexibility index (Phi) is 8.95. The summed E-state index contributed by atoms with van der Waals surface area (Å²) in [6.45, 7) is 9.93. The third kappa shape index (κ3) is 6.64. The zero-order valence-electron chi connectivity index (χ0n) is 35.3. The van der Waals surface area contributed by atoms with Crippen LogP contribution in [0.3, 0.4) is 0 Å². The van der Waals surface area contributed by atoms with Crippen LogP contribution in [0.2, 0.25) is 0 Å². The Morgan fingerprint density at radius 3 is 2.30 bits per heavy atom. The first-order chi connectivity index (χ1) is 29.0. The lowest BCUT2D eigenvalue weighted by Crippen LogP contribution is -2.51. The second kappa shape index (κ2) is 13.9. The Morgan fingerprint density at radius 1 is 0.918 bits per heavy atom. The molecule has 2 aromatic heterocycles. The number of alkyl carbamates (subject to hydrolysis) is 1. The van der Waals surface area contributed by atoms with Crippen LogP contribution in [-0.2, 0) is 20.2 Å². The Balaban J connectivity index is 0.901. The summed E-state index contributed by atoms with van der Waals surface area (Å²) < 4.78 is 43.8. The third-order valence-electron chi connectivity index (χ3n) is 13.7. The molecule has 14 heteroatoms. The molecule has 3 amide bonds. The number of nitrogens with zero attached hydrogens (tertiary/aromatic N) is 4. The summed E-state index contributed by atoms with van der Waals surface area (Å²) in [6, 6.07) is 14.9. The molecule has 5 atom stereocenters. The van der Waals surface area contributed by atoms with Gasteiger partial charge < -0.3 is 29.7 Å². The van der Waals surface area contributed by atoms with Crippen molar-refractivity contribution in [1.29, 1.82) is 0 Å². The number of alkyl halides is 2. The van der Waals surface area contributed by atoms with E-state index in [0.29, 0.717) is 40.3 Å². The van der Waals surface area contributed by atoms with Crippen LogP contribution in [0, 0.1) is 17.3 Å². The van der Waals surface area contributed by atoms with E-state index in [0.717, 1.165) is 60.9 Å². The molecular weight excluding hydrogens is 781 g/mol. The average molecular weight is 832 g/mol. The number of fused-ring (bicyclic) bond motifs is 6. The van der Waals surface area contributed by atoms with E-state index < -0.39 is 23.7 Å². The Labute approximate surface area is 352 Å². The molecule has 4 fully saturated rings. The van der Waals surface area contributed by atoms with Crippen molar-refractivity contribution in [2.75, 3.05) is 13.7 Å². The Morgan fingerprint density at radius 2 is 1.61 bits per heavy atom. The highest BCUT2D eigenvalue weighted by Gasteiger charge is 2.55. The van der Waals surface area contributed by atoms with Gasteiger partial charge in [0.25, 0.3) is 5.92 Å². The number of carbonyl (C=O) groups excluding carboxylic acids is 3. The molecule has 2 unspecified atom stereocenters. The van der Waals surface area contributed by atoms with Crippen molar-refractivity contribution < 1.29 is 32.6 Å². The van der Waals surface area contributed by atoms with Crippen LogP contribution in [0.5, 0.6) is 0 Å². The van der Waals surface area contributed by atoms with E-state index >= 15 is 8.78 Å². The number of amides is 3. The maximum atomic E-state index is 16.6. The van der Waals surface area contributed by atoms with Crippen molar-refractivity contribution in [3.8, 4) is 33.5 Å². The van der Waals surface area contributed by atoms with Gasteiger partial charge in [0.05, 0.1) is 42.1 Å². The minimum atomic E-state index is -3.26. The Bertz CT molecular complexity index is 2610. The average Bonchev–Trinajstić information content (AvgIpc) is 3.87. The molecule has 1 spiro atoms. The number of benzene rings is 3. The van der Waals surface area contributed by atoms with Crippen LogP contribution in [0.1, 0.15) is 108 Å². The molecule has 4 heterocycles. The predicted molar refractivity (Wildman–Crippen MR) is 224 cm³/mol. The minimum Gasteiger partial charge on any atom is -0.453 e. The number of piperidine rings is 1. The fraction of sp³-hybridized carbons (Fsp3) is 0.468. The molecule has 3 aliphatic carbocycles. The van der Waals surface area contributed by atoms with Crippen molar-refractivity contribution >= 4 is 29.1 Å². The maximum absolute atomic E-state index is 16.6. The second-order valence-corrected chi connectivity index (χ2v) is 19.2. The highest BCUT2D eigenvalue weighted by atomic mass is 19.3. The number of methoxy groups -OCH3 is 1. The third-order valence-corrected chi connectivity index (χ3v) is 13.7. The van der Waals surface area contributed by atoms with E-state index in [-0.39, 0.29) is 58.5 Å². The van der Waals surface area contributed by atoms with Crippen LogP contribution >= 0.6 is 0 Å². The lowest BCUT2D eigenvalue weighted by atomic mass is 9.98. The topological polar surface area (TPSA) is 146 Å². The molecule has 2 saturated heterocycles. The van der Waals surface area contributed by atoms with Gasteiger partial charge >= 0.3 is 12.2 Å². The van der Waals surface area contributed by atoms with Crippen molar-refractivity contribution in [2.45, 2.75) is 109 Å². The molecule has 12 nitrogen and oxygen atoms in total. The summed E-state index contributed by atoms with van der Waals surface area (Å²) in [5.74, 6) is -2.03. The lowest BCUT2D eigenvalue weighted by molar-refractivity contribution is -0.135. The number of likely N-dealkylation sites (tertiary alicyclic amines) is 2. The molecule has 61 heavy (non-hydrogen) atoms. The summed E-state index contributed by atoms with van der Waals surface area (Å²) in [5, 5.41) is 2.70. The quantitative estimate of drug-likeness (QED) is 0.148. The highest BCUT2D eigenvalue weighted by Crippen LogP contribution is 2.59. The number of hydrogen-bond acceptors (Lipinski definition) is 7. The van der Waals surface area contributed by atoms with E-state index in [1.165, 1.54) is 13.2 Å². The van der Waals surface area contributed by atoms with Crippen LogP contribution in [0.4, 0.5) is 18.4 Å². The van der Waals surface area contributed by atoms with Crippen molar-refractivity contribution in [3.05, 3.63) is 83.6 Å². The van der Waals surface area contributed by atoms with Crippen molar-refractivity contribution in [3.63, 3.8) is 0 Å². The SMILES string of the molecule is COC(=O)NC(C(=O)N1CC2(CC2)C[C@H]1c1ncc(-c2ccc3c(c2)C(F)(F)c2cc(-c4ccc5nc(C6[C@H]7CC[C@H](C7)N6C(=O)OC(C)(C)C)[nH]c5c4)ccc2-3)[nH]1)C(C)C. The number of imidazole rings is 2. The zero-order chi connectivity index (χ0) is 42.7. The number of hydrogen-bond donors (Lipinski definition) is 3. The first kappa shape index (κ1) is 39.4. The van der Waals surface area contributed by atoms with E-state index in [9.17, 15) is 14.4 Å². The van der Waals surface area contributed by atoms with Crippen LogP contribution in [0.25, 0.3) is 44.5 Å². The molecule has 2 bridgehead atoms. The number of halogens is 2. The number of rotatable bonds is 7. The van der Waals surface area contributed by atoms with E-state index in [1.54, 1.807) is 24.4 Å². The normalized spacial score (nSPS) is 23.4. The molecular formula is C47H51F2N7O5. The summed E-state index contributed by atoms with van der Waals surface area (Å²) in [5.41, 5.74) is 4.32. The lowest BCUT2D eigenvalue weighted by Gasteiger charge is -2.35. The first-order valence-corrected chi connectivity index (χ1v) is 21.4. The highest BCUT2D eigenvalue weighted by molar-refractivity contribution is 5.88. The van der Waals surface area contributed by atoms with Gasteiger partial charge in [-0.1, -0.05) is 44.2 Å². The number of nitrogens with one attached hydrogen (secondary N) is 3. The van der Waals surface area contributed by atoms with E-state index in [2.05, 4.69) is 15.3 Å². The number of aromatic nitrogens is 4. The first-order valence-electron chi connectivity index (χ1n) is 21.4. The van der Waals surface area contributed by atoms with Gasteiger partial charge in [-0.25, -0.2) is 19.6 Å². The molecule has 2 aliphatic heterocycles. The van der Waals surface area contributed by atoms with Crippen molar-refractivity contribution in [2.24, 2.45) is 17.3 Å². The van der Waals surface area contributed by atoms with Gasteiger partial charge in [-0.15, -0.1) is 0 Å². The monoisotopic (exact) mass is 831 g/mol. The van der Waals surface area contributed by atoms with Gasteiger partial charge in [0, 0.05) is 29.3 Å². The van der Waals surface area contributed by atoms with Gasteiger partial charge in [-0.2, -0.15) is 8.78 Å². The van der Waals surface area contributed by atoms with E-state index in [1.807, 2.05) is 74.8 Å². The molecule has 10 rings (SSSR count). The second-order valence-electron chi connectivity index (χ2n) is 19.2. The fourth-order valence-corrected chi connectivity index (χ4v) is 10.4. The molecule has 318 valence electrons. The van der Waals surface area contributed by atoms with Gasteiger partial charge in [0.15, 0.2) is 0 Å². The summed E-state index contributed by atoms with van der Waals surface area (Å²) >= 11 is 0. The van der Waals surface area contributed by atoms with Crippen LogP contribution < -0.4 is 5.32 Å². The fourth-order valence-electron chi connectivity index (χ4n) is 10.4. The molecule has 3 aromatic carbocycles. The van der Waals surface area contributed by atoms with Crippen LogP contribution in [0.15, 0.2) is 60.8 Å². The summed E-state index contributed by atoms with van der Waals surface area (Å²) in [6.07, 6.45) is 6.30. The predicted octanol–water partition coefficient (Wildman–Crippen LogP) is 9.64. The molecule has 0 radical (unpaired) electrons. The van der Waals surface area contributed by atoms with Crippen molar-refractivity contribution in [1.82, 2.24) is 35.1 Å². The maximum Gasteiger partial charge on any atom is 0.411 e. The van der Waals surface area contributed by atoms with E-state index in [4.69, 9.17) is 19.4 Å². The molecule has 3 N–H and O–H groups in total. The number of carbonyl (C=O) groups is 3. The summed E-state index contributed by atoms with van der Waals surface area (Å²) in [7, 11) is 1.27. The zero-order valence-corrected chi connectivity index (χ0v) is 35.3. The standard InChI is InChI=1S/C47H51F2N7O5/c1-24(2)38(54-43(58)60-6)42(57)55-23-46(15-16-46)21-37(55)40-50-22-36(53-40)27-9-13-31-30-12-8-25(18-32(30)47(48,49)33(31)19-27)26-10-14-34-35(20-26)52-41(51-34)39-28-7-11-29(17-28)56(39)44(59)61-45(3,4)5/h8-10,12-14,18-20,22,24,28-29,37-39H,7,11,15-17,21,23H2,1-6H3,(H,50,53)(H,51,52)(H,54,58)/t28-,29+,37-,38?,39?/m0/s1. The largest absolute Gasteiger partial charge is 0.453 e. The smallest absolute Gasteiger partial charge is 0.411 e. The van der Waals surface area contributed by atoms with Gasteiger partial charge in [-0.05, 0) is 123 Å². The van der Waals surface area contributed by atoms with Gasteiger partial charge in [-0.3, -0.25) is 9.69 Å². The molecule has 5 aromatic rings. The number of aromatic amines is 2. The molecule has 5 aliphatic rings. The number of ether oxygens (including phenoxy) is 2.